The highest BCUT2D eigenvalue weighted by Crippen LogP contribution is 2.34. The minimum atomic E-state index is -0.0373. The molecule has 2 N–H and O–H groups in total. The number of amides is 1. The van der Waals surface area contributed by atoms with Gasteiger partial charge in [0, 0.05) is 31.7 Å². The van der Waals surface area contributed by atoms with E-state index in [1.54, 1.807) is 18.4 Å². The molecule has 2 aliphatic rings. The van der Waals surface area contributed by atoms with Crippen molar-refractivity contribution in [2.45, 2.75) is 18.9 Å². The van der Waals surface area contributed by atoms with Crippen LogP contribution in [0.5, 0.6) is 5.75 Å². The Kier molecular flexibility index (Phi) is 4.85. The number of hydrogen-bond acceptors (Lipinski definition) is 6. The molecule has 1 aliphatic heterocycles. The molecule has 0 spiro atoms. The Bertz CT molecular complexity index is 1060. The number of carbonyl (C=O) groups is 1. The molecule has 150 valence electrons. The number of nitrogens with one attached hydrogen (secondary N) is 2. The van der Waals surface area contributed by atoms with Gasteiger partial charge in [0.2, 0.25) is 0 Å². The number of rotatable bonds is 4. The molecule has 2 aromatic carbocycles. The molecule has 1 atom stereocenters. The molecule has 1 unspecified atom stereocenters. The fraction of sp³-hybridized carbons (Fsp3) is 0.364. The largest absolute Gasteiger partial charge is 0.497 e. The second-order valence-corrected chi connectivity index (χ2v) is 8.55. The zero-order valence-electron chi connectivity index (χ0n) is 16.4. The molecule has 7 heteroatoms. The first-order valence-corrected chi connectivity index (χ1v) is 10.9. The summed E-state index contributed by atoms with van der Waals surface area (Å²) in [6.45, 7) is 3.91. The van der Waals surface area contributed by atoms with Gasteiger partial charge in [0.25, 0.3) is 5.91 Å². The normalized spacial score (nSPS) is 18.7. The molecule has 1 aromatic heterocycles. The molecule has 1 saturated heterocycles. The van der Waals surface area contributed by atoms with Crippen LogP contribution in [0.2, 0.25) is 0 Å². The number of benzene rings is 2. The van der Waals surface area contributed by atoms with Gasteiger partial charge in [0.1, 0.15) is 5.75 Å². The predicted octanol–water partition coefficient (Wildman–Crippen LogP) is 3.13. The fourth-order valence-corrected chi connectivity index (χ4v) is 5.20. The standard InChI is InChI=1S/C22H24N4O2S/c1-28-16-5-2-14-3-6-18(17(14)13-16)24-21(27)15-4-7-19-20(12-15)29-22(25-19)26-10-8-23-9-11-26/h2,4-5,7,12-13,18,23H,3,6,8-11H2,1H3,(H,24,27). The number of anilines is 1. The molecule has 0 radical (unpaired) electrons. The Labute approximate surface area is 173 Å². The number of hydrogen-bond donors (Lipinski definition) is 2. The van der Waals surface area contributed by atoms with Crippen LogP contribution < -0.4 is 20.3 Å². The maximum atomic E-state index is 12.9. The second-order valence-electron chi connectivity index (χ2n) is 7.55. The van der Waals surface area contributed by atoms with Crippen LogP contribution in [0.1, 0.15) is 33.9 Å². The summed E-state index contributed by atoms with van der Waals surface area (Å²) >= 11 is 1.66. The van der Waals surface area contributed by atoms with E-state index >= 15 is 0 Å². The lowest BCUT2D eigenvalue weighted by atomic mass is 10.1. The molecule has 29 heavy (non-hydrogen) atoms. The molecule has 0 bridgehead atoms. The van der Waals surface area contributed by atoms with Gasteiger partial charge in [-0.2, -0.15) is 0 Å². The van der Waals surface area contributed by atoms with Crippen LogP contribution >= 0.6 is 11.3 Å². The Morgan fingerprint density at radius 1 is 1.24 bits per heavy atom. The second kappa shape index (κ2) is 7.65. The molecule has 1 fully saturated rings. The van der Waals surface area contributed by atoms with E-state index < -0.39 is 0 Å². The average molecular weight is 409 g/mol. The molecule has 3 aromatic rings. The summed E-state index contributed by atoms with van der Waals surface area (Å²) in [5, 5.41) is 7.61. The van der Waals surface area contributed by atoms with E-state index in [-0.39, 0.29) is 11.9 Å². The van der Waals surface area contributed by atoms with Crippen LogP contribution in [0.4, 0.5) is 5.13 Å². The summed E-state index contributed by atoms with van der Waals surface area (Å²) in [5.41, 5.74) is 4.09. The summed E-state index contributed by atoms with van der Waals surface area (Å²) in [4.78, 5) is 20.0. The third-order valence-corrected chi connectivity index (χ3v) is 6.84. The number of ether oxygens (including phenoxy) is 1. The van der Waals surface area contributed by atoms with Crippen molar-refractivity contribution in [1.29, 1.82) is 0 Å². The lowest BCUT2D eigenvalue weighted by molar-refractivity contribution is 0.0937. The summed E-state index contributed by atoms with van der Waals surface area (Å²) in [6.07, 6.45) is 1.90. The number of fused-ring (bicyclic) bond motifs is 2. The minimum Gasteiger partial charge on any atom is -0.497 e. The topological polar surface area (TPSA) is 66.5 Å². The van der Waals surface area contributed by atoms with Crippen LogP contribution in [0, 0.1) is 0 Å². The third-order valence-electron chi connectivity index (χ3n) is 5.76. The average Bonchev–Trinajstić information content (AvgIpc) is 3.37. The molecular formula is C22H24N4O2S. The monoisotopic (exact) mass is 408 g/mol. The summed E-state index contributed by atoms with van der Waals surface area (Å²) in [7, 11) is 1.67. The van der Waals surface area contributed by atoms with Gasteiger partial charge < -0.3 is 20.3 Å². The molecule has 6 nitrogen and oxygen atoms in total. The number of piperazine rings is 1. The van der Waals surface area contributed by atoms with Gasteiger partial charge in [-0.15, -0.1) is 0 Å². The van der Waals surface area contributed by atoms with Gasteiger partial charge in [-0.1, -0.05) is 17.4 Å². The molecule has 1 amide bonds. The molecule has 2 heterocycles. The number of thiazole rings is 1. The van der Waals surface area contributed by atoms with E-state index in [1.807, 2.05) is 30.3 Å². The Balaban J connectivity index is 1.35. The van der Waals surface area contributed by atoms with E-state index in [9.17, 15) is 4.79 Å². The van der Waals surface area contributed by atoms with Gasteiger partial charge in [-0.3, -0.25) is 4.79 Å². The van der Waals surface area contributed by atoms with E-state index in [0.29, 0.717) is 5.56 Å². The van der Waals surface area contributed by atoms with Crippen molar-refractivity contribution in [1.82, 2.24) is 15.6 Å². The van der Waals surface area contributed by atoms with Crippen molar-refractivity contribution in [3.63, 3.8) is 0 Å². The van der Waals surface area contributed by atoms with Gasteiger partial charge >= 0.3 is 0 Å². The van der Waals surface area contributed by atoms with Crippen LogP contribution in [0.15, 0.2) is 36.4 Å². The van der Waals surface area contributed by atoms with Gasteiger partial charge in [-0.25, -0.2) is 4.98 Å². The number of nitrogens with zero attached hydrogens (tertiary/aromatic N) is 2. The quantitative estimate of drug-likeness (QED) is 0.694. The number of carbonyl (C=O) groups excluding carboxylic acids is 1. The van der Waals surface area contributed by atoms with E-state index in [4.69, 9.17) is 9.72 Å². The van der Waals surface area contributed by atoms with E-state index in [2.05, 4.69) is 21.6 Å². The highest BCUT2D eigenvalue weighted by atomic mass is 32.1. The van der Waals surface area contributed by atoms with Crippen molar-refractivity contribution in [2.24, 2.45) is 0 Å². The SMILES string of the molecule is COc1ccc2c(c1)C(NC(=O)c1ccc3nc(N4CCNCC4)sc3c1)CC2. The first-order valence-electron chi connectivity index (χ1n) is 10.1. The van der Waals surface area contributed by atoms with E-state index in [0.717, 1.165) is 65.7 Å². The molecular weight excluding hydrogens is 384 g/mol. The Morgan fingerprint density at radius 2 is 2.10 bits per heavy atom. The van der Waals surface area contributed by atoms with Crippen molar-refractivity contribution in [3.05, 3.63) is 53.1 Å². The summed E-state index contributed by atoms with van der Waals surface area (Å²) in [6, 6.07) is 12.0. The zero-order valence-corrected chi connectivity index (χ0v) is 17.2. The summed E-state index contributed by atoms with van der Waals surface area (Å²) in [5.74, 6) is 0.793. The fourth-order valence-electron chi connectivity index (χ4n) is 4.14. The first kappa shape index (κ1) is 18.4. The minimum absolute atomic E-state index is 0.0289. The third kappa shape index (κ3) is 3.56. The van der Waals surface area contributed by atoms with Crippen molar-refractivity contribution in [2.75, 3.05) is 38.2 Å². The van der Waals surface area contributed by atoms with Gasteiger partial charge in [0.05, 0.1) is 23.4 Å². The molecule has 0 saturated carbocycles. The van der Waals surface area contributed by atoms with Crippen molar-refractivity contribution >= 4 is 32.6 Å². The van der Waals surface area contributed by atoms with E-state index in [1.165, 1.54) is 5.56 Å². The molecule has 5 rings (SSSR count). The predicted molar refractivity (Wildman–Crippen MR) is 116 cm³/mol. The van der Waals surface area contributed by atoms with Gasteiger partial charge in [-0.05, 0) is 54.3 Å². The van der Waals surface area contributed by atoms with Crippen LogP contribution in [-0.4, -0.2) is 44.2 Å². The summed E-state index contributed by atoms with van der Waals surface area (Å²) < 4.78 is 6.41. The smallest absolute Gasteiger partial charge is 0.251 e. The Morgan fingerprint density at radius 3 is 2.93 bits per heavy atom. The first-order chi connectivity index (χ1) is 14.2. The Hall–Kier alpha value is -2.64. The molecule has 1 aliphatic carbocycles. The number of aryl methyl sites for hydroxylation is 1. The number of methoxy groups -OCH3 is 1. The highest BCUT2D eigenvalue weighted by molar-refractivity contribution is 7.22. The van der Waals surface area contributed by atoms with Crippen molar-refractivity contribution < 1.29 is 9.53 Å². The lowest BCUT2D eigenvalue weighted by Crippen LogP contribution is -2.43. The van der Waals surface area contributed by atoms with Crippen LogP contribution in [0.25, 0.3) is 10.2 Å². The lowest BCUT2D eigenvalue weighted by Gasteiger charge is -2.26. The zero-order chi connectivity index (χ0) is 19.8. The van der Waals surface area contributed by atoms with Crippen molar-refractivity contribution in [3.8, 4) is 5.75 Å². The van der Waals surface area contributed by atoms with Crippen LogP contribution in [-0.2, 0) is 6.42 Å². The number of aromatic nitrogens is 1. The maximum absolute atomic E-state index is 12.9. The van der Waals surface area contributed by atoms with Crippen LogP contribution in [0.3, 0.4) is 0 Å². The highest BCUT2D eigenvalue weighted by Gasteiger charge is 2.25. The maximum Gasteiger partial charge on any atom is 0.251 e. The van der Waals surface area contributed by atoms with Gasteiger partial charge in [0.15, 0.2) is 5.13 Å².